The summed E-state index contributed by atoms with van der Waals surface area (Å²) in [5.41, 5.74) is 4.43. The number of ether oxygens (including phenoxy) is 1. The van der Waals surface area contributed by atoms with Crippen molar-refractivity contribution < 1.29 is 27.5 Å². The van der Waals surface area contributed by atoms with Gasteiger partial charge in [0.15, 0.2) is 9.84 Å². The van der Waals surface area contributed by atoms with E-state index in [2.05, 4.69) is 43.4 Å². The van der Waals surface area contributed by atoms with Gasteiger partial charge in [0, 0.05) is 19.0 Å². The Balaban J connectivity index is 1.18. The number of carbonyl (C=O) groups is 2. The lowest BCUT2D eigenvalue weighted by molar-refractivity contribution is -0.133. The molecule has 1 aliphatic carbocycles. The summed E-state index contributed by atoms with van der Waals surface area (Å²) in [6, 6.07) is 34.9. The van der Waals surface area contributed by atoms with E-state index in [0.29, 0.717) is 19.3 Å². The van der Waals surface area contributed by atoms with Crippen LogP contribution in [0, 0.1) is 0 Å². The van der Waals surface area contributed by atoms with Gasteiger partial charge in [0.05, 0.1) is 11.5 Å². The van der Waals surface area contributed by atoms with E-state index < -0.39 is 35.3 Å². The van der Waals surface area contributed by atoms with Crippen molar-refractivity contribution in [3.63, 3.8) is 0 Å². The van der Waals surface area contributed by atoms with Crippen molar-refractivity contribution in [2.24, 2.45) is 0 Å². The molecule has 1 heterocycles. The minimum Gasteiger partial charge on any atom is -0.449 e. The SMILES string of the molecule is CC(C)(CCC[C@H](NC(=O)OCC1c2ccccc2-c2ccccc21)C(=O)N1CCS(=O)(=O)CC1)[Si](O)(c1ccccc1)c1ccccc1. The van der Waals surface area contributed by atoms with Crippen molar-refractivity contribution >= 4 is 40.5 Å². The first kappa shape index (κ1) is 34.6. The maximum atomic E-state index is 13.8. The van der Waals surface area contributed by atoms with Crippen molar-refractivity contribution in [3.05, 3.63) is 120 Å². The van der Waals surface area contributed by atoms with Crippen LogP contribution < -0.4 is 15.7 Å². The zero-order chi connectivity index (χ0) is 34.6. The van der Waals surface area contributed by atoms with E-state index in [1.54, 1.807) is 0 Å². The molecule has 2 amide bonds. The monoisotopic (exact) mass is 696 g/mol. The van der Waals surface area contributed by atoms with E-state index in [1.807, 2.05) is 84.9 Å². The van der Waals surface area contributed by atoms with Crippen LogP contribution in [-0.4, -0.2) is 75.7 Å². The van der Waals surface area contributed by atoms with Gasteiger partial charge in [-0.25, -0.2) is 13.2 Å². The third kappa shape index (κ3) is 7.22. The molecule has 49 heavy (non-hydrogen) atoms. The Morgan fingerprint density at radius 2 is 1.33 bits per heavy atom. The fraction of sp³-hybridized carbons (Fsp3) is 0.333. The van der Waals surface area contributed by atoms with E-state index >= 15 is 0 Å². The van der Waals surface area contributed by atoms with Gasteiger partial charge in [-0.05, 0) is 50.5 Å². The lowest BCUT2D eigenvalue weighted by Crippen LogP contribution is -2.65. The summed E-state index contributed by atoms with van der Waals surface area (Å²) in [7, 11) is -6.47. The van der Waals surface area contributed by atoms with E-state index in [1.165, 1.54) is 4.90 Å². The first-order chi connectivity index (χ1) is 23.5. The molecule has 0 spiro atoms. The number of nitrogens with zero attached hydrogens (tertiary/aromatic N) is 1. The molecule has 4 aromatic carbocycles. The lowest BCUT2D eigenvalue weighted by atomic mass is 9.98. The average Bonchev–Trinajstić information content (AvgIpc) is 3.43. The third-order valence-corrected chi connectivity index (χ3v) is 16.4. The fourth-order valence-corrected chi connectivity index (χ4v) is 12.4. The Morgan fingerprint density at radius 1 is 0.837 bits per heavy atom. The third-order valence-electron chi connectivity index (χ3n) is 10.2. The largest absolute Gasteiger partial charge is 0.449 e. The van der Waals surface area contributed by atoms with Gasteiger partial charge in [-0.2, -0.15) is 0 Å². The first-order valence-electron chi connectivity index (χ1n) is 16.9. The molecule has 10 heteroatoms. The van der Waals surface area contributed by atoms with Gasteiger partial charge in [-0.1, -0.05) is 129 Å². The number of nitrogens with one attached hydrogen (secondary N) is 1. The summed E-state index contributed by atoms with van der Waals surface area (Å²) >= 11 is 0. The molecular weight excluding hydrogens is 653 g/mol. The highest BCUT2D eigenvalue weighted by molar-refractivity contribution is 7.91. The molecule has 2 N–H and O–H groups in total. The second-order valence-corrected chi connectivity index (χ2v) is 20.0. The molecular formula is C39H44N2O6SSi. The number of hydrogen-bond donors (Lipinski definition) is 2. The van der Waals surface area contributed by atoms with Gasteiger partial charge in [-0.15, -0.1) is 0 Å². The summed E-state index contributed by atoms with van der Waals surface area (Å²) in [4.78, 5) is 41.3. The highest BCUT2D eigenvalue weighted by Gasteiger charge is 2.49. The van der Waals surface area contributed by atoms with Gasteiger partial charge in [0.2, 0.25) is 5.91 Å². The number of fused-ring (bicyclic) bond motifs is 3. The second-order valence-electron chi connectivity index (χ2n) is 13.7. The number of rotatable bonds is 11. The zero-order valence-corrected chi connectivity index (χ0v) is 29.9. The summed E-state index contributed by atoms with van der Waals surface area (Å²) in [6.07, 6.45) is 0.741. The molecule has 0 unspecified atom stereocenters. The first-order valence-corrected chi connectivity index (χ1v) is 20.7. The van der Waals surface area contributed by atoms with E-state index in [9.17, 15) is 22.8 Å². The molecule has 1 saturated heterocycles. The van der Waals surface area contributed by atoms with E-state index in [4.69, 9.17) is 4.74 Å². The molecule has 1 aliphatic heterocycles. The van der Waals surface area contributed by atoms with Gasteiger partial charge in [0.25, 0.3) is 8.32 Å². The Hall–Kier alpha value is -4.25. The number of carbonyl (C=O) groups excluding carboxylic acids is 2. The average molecular weight is 697 g/mol. The van der Waals surface area contributed by atoms with Crippen molar-refractivity contribution in [3.8, 4) is 11.1 Å². The van der Waals surface area contributed by atoms with Gasteiger partial charge < -0.3 is 19.7 Å². The molecule has 2 aliphatic rings. The van der Waals surface area contributed by atoms with Crippen molar-refractivity contribution in [2.75, 3.05) is 31.2 Å². The number of benzene rings is 4. The fourth-order valence-electron chi connectivity index (χ4n) is 7.43. The number of alkyl carbamates (subject to hydrolysis) is 1. The summed E-state index contributed by atoms with van der Waals surface area (Å²) in [5, 5.41) is 4.12. The quantitative estimate of drug-likeness (QED) is 0.217. The molecule has 0 saturated carbocycles. The lowest BCUT2D eigenvalue weighted by Gasteiger charge is -2.41. The Labute approximate surface area is 290 Å². The molecule has 0 bridgehead atoms. The van der Waals surface area contributed by atoms with Gasteiger partial charge >= 0.3 is 6.09 Å². The highest BCUT2D eigenvalue weighted by Crippen LogP contribution is 2.44. The molecule has 256 valence electrons. The topological polar surface area (TPSA) is 113 Å². The van der Waals surface area contributed by atoms with Crippen LogP contribution in [0.5, 0.6) is 0 Å². The van der Waals surface area contributed by atoms with Crippen LogP contribution in [0.2, 0.25) is 5.04 Å². The maximum absolute atomic E-state index is 13.8. The van der Waals surface area contributed by atoms with E-state index in [0.717, 1.165) is 32.6 Å². The van der Waals surface area contributed by atoms with Crippen LogP contribution >= 0.6 is 0 Å². The molecule has 1 atom stereocenters. The predicted octanol–water partition coefficient (Wildman–Crippen LogP) is 4.85. The van der Waals surface area contributed by atoms with Crippen LogP contribution in [0.25, 0.3) is 11.1 Å². The van der Waals surface area contributed by atoms with Gasteiger partial charge in [-0.3, -0.25) is 4.79 Å². The van der Waals surface area contributed by atoms with Crippen molar-refractivity contribution in [2.45, 2.75) is 50.1 Å². The van der Waals surface area contributed by atoms with Crippen molar-refractivity contribution in [1.29, 1.82) is 0 Å². The maximum Gasteiger partial charge on any atom is 0.407 e. The van der Waals surface area contributed by atoms with Crippen molar-refractivity contribution in [1.82, 2.24) is 10.2 Å². The van der Waals surface area contributed by atoms with E-state index in [-0.39, 0.29) is 43.0 Å². The predicted molar refractivity (Wildman–Crippen MR) is 195 cm³/mol. The molecule has 0 radical (unpaired) electrons. The number of amides is 2. The molecule has 8 nitrogen and oxygen atoms in total. The number of hydrogen-bond acceptors (Lipinski definition) is 6. The van der Waals surface area contributed by atoms with Crippen LogP contribution in [0.4, 0.5) is 4.79 Å². The highest BCUT2D eigenvalue weighted by atomic mass is 32.2. The van der Waals surface area contributed by atoms with Gasteiger partial charge in [0.1, 0.15) is 12.6 Å². The normalized spacial score (nSPS) is 16.3. The minimum absolute atomic E-state index is 0.0875. The second kappa shape index (κ2) is 14.3. The summed E-state index contributed by atoms with van der Waals surface area (Å²) < 4.78 is 30.0. The zero-order valence-electron chi connectivity index (χ0n) is 28.0. The smallest absolute Gasteiger partial charge is 0.407 e. The Morgan fingerprint density at radius 3 is 1.86 bits per heavy atom. The van der Waals surface area contributed by atoms with Crippen LogP contribution in [0.3, 0.4) is 0 Å². The van der Waals surface area contributed by atoms with Crippen LogP contribution in [0.1, 0.15) is 50.2 Å². The molecule has 4 aromatic rings. The Kier molecular flexibility index (Phi) is 10.1. The van der Waals surface area contributed by atoms with Crippen LogP contribution in [-0.2, 0) is 19.4 Å². The molecule has 1 fully saturated rings. The molecule has 0 aromatic heterocycles. The summed E-state index contributed by atoms with van der Waals surface area (Å²) in [5.74, 6) is -0.647. The van der Waals surface area contributed by atoms with Crippen LogP contribution in [0.15, 0.2) is 109 Å². The molecule has 6 rings (SSSR count). The summed E-state index contributed by atoms with van der Waals surface area (Å²) in [6.45, 7) is 4.44. The minimum atomic E-state index is -3.27. The number of sulfone groups is 1. The standard InChI is InChI=1S/C39H44N2O6SSi/c1-39(2,49(46,29-14-5-3-6-15-29)30-16-7-4-8-17-30)23-13-22-36(37(42)41-24-26-48(44,45)27-25-41)40-38(43)47-28-35-33-20-11-9-18-31(33)32-19-10-12-21-34(32)35/h3-12,14-21,35-36,46H,13,22-28H2,1-2H3,(H,40,43)/t36-/m0/s1. The Bertz CT molecular complexity index is 1800.